The summed E-state index contributed by atoms with van der Waals surface area (Å²) >= 11 is 0. The number of rotatable bonds is 16. The van der Waals surface area contributed by atoms with Crippen molar-refractivity contribution < 1.29 is 30.0 Å². The third-order valence-electron chi connectivity index (χ3n) is 6.48. The molecule has 220 valence electrons. The SMILES string of the molecule is NC(CO)CNc1ccc(NCC(N)CO)c2c1C(=O)c1c(NCC(N)CO)ccc(NCC(N)CO)c1C2=O. The van der Waals surface area contributed by atoms with E-state index in [1.807, 2.05) is 0 Å². The molecule has 1 aliphatic rings. The highest BCUT2D eigenvalue weighted by molar-refractivity contribution is 6.35. The van der Waals surface area contributed by atoms with Crippen molar-refractivity contribution in [1.29, 1.82) is 0 Å². The number of aliphatic hydroxyl groups is 4. The van der Waals surface area contributed by atoms with Gasteiger partial charge in [0.1, 0.15) is 0 Å². The molecule has 14 heteroatoms. The van der Waals surface area contributed by atoms with E-state index in [4.69, 9.17) is 22.9 Å². The second kappa shape index (κ2) is 14.3. The van der Waals surface area contributed by atoms with Crippen LogP contribution in [0.5, 0.6) is 0 Å². The van der Waals surface area contributed by atoms with E-state index in [2.05, 4.69) is 21.3 Å². The largest absolute Gasteiger partial charge is 0.395 e. The Kier molecular flexibility index (Phi) is 11.2. The molecule has 0 bridgehead atoms. The molecule has 40 heavy (non-hydrogen) atoms. The van der Waals surface area contributed by atoms with Gasteiger partial charge in [-0.25, -0.2) is 0 Å². The first kappa shape index (κ1) is 31.2. The lowest BCUT2D eigenvalue weighted by Gasteiger charge is -2.28. The highest BCUT2D eigenvalue weighted by Gasteiger charge is 2.38. The number of anilines is 4. The minimum Gasteiger partial charge on any atom is -0.395 e. The van der Waals surface area contributed by atoms with Crippen LogP contribution in [0, 0.1) is 0 Å². The Bertz CT molecular complexity index is 1020. The van der Waals surface area contributed by atoms with Gasteiger partial charge >= 0.3 is 0 Å². The van der Waals surface area contributed by atoms with E-state index in [-0.39, 0.29) is 74.9 Å². The molecular formula is C26H40N8O6. The number of hydrogen-bond donors (Lipinski definition) is 12. The maximum atomic E-state index is 14.2. The van der Waals surface area contributed by atoms with Crippen LogP contribution in [0.15, 0.2) is 24.3 Å². The summed E-state index contributed by atoms with van der Waals surface area (Å²) in [5.74, 6) is -0.926. The Morgan fingerprint density at radius 3 is 0.850 bits per heavy atom. The van der Waals surface area contributed by atoms with Crippen LogP contribution in [0.2, 0.25) is 0 Å². The summed E-state index contributed by atoms with van der Waals surface area (Å²) in [6, 6.07) is 4.07. The Hall–Kier alpha value is -3.34. The first-order valence-corrected chi connectivity index (χ1v) is 13.0. The van der Waals surface area contributed by atoms with Crippen molar-refractivity contribution in [3.63, 3.8) is 0 Å². The molecule has 3 rings (SSSR count). The molecule has 0 fully saturated rings. The molecule has 0 saturated carbocycles. The number of ketones is 2. The zero-order chi connectivity index (χ0) is 29.4. The van der Waals surface area contributed by atoms with Gasteiger partial charge in [-0.15, -0.1) is 0 Å². The van der Waals surface area contributed by atoms with Crippen LogP contribution in [0.25, 0.3) is 0 Å². The summed E-state index contributed by atoms with van der Waals surface area (Å²) in [7, 11) is 0. The third kappa shape index (κ3) is 7.04. The molecule has 16 N–H and O–H groups in total. The van der Waals surface area contributed by atoms with Gasteiger partial charge in [-0.1, -0.05) is 0 Å². The Balaban J connectivity index is 2.19. The molecule has 4 unspecified atom stereocenters. The highest BCUT2D eigenvalue weighted by Crippen LogP contribution is 2.41. The fraction of sp³-hybridized carbons (Fsp3) is 0.462. The lowest BCUT2D eigenvalue weighted by atomic mass is 9.80. The van der Waals surface area contributed by atoms with Crippen LogP contribution < -0.4 is 44.2 Å². The second-order valence-electron chi connectivity index (χ2n) is 9.77. The number of aliphatic hydroxyl groups excluding tert-OH is 4. The van der Waals surface area contributed by atoms with Gasteiger partial charge in [0.25, 0.3) is 0 Å². The average Bonchev–Trinajstić information content (AvgIpc) is 2.98. The van der Waals surface area contributed by atoms with E-state index in [9.17, 15) is 30.0 Å². The van der Waals surface area contributed by atoms with E-state index in [0.29, 0.717) is 22.7 Å². The van der Waals surface area contributed by atoms with Gasteiger partial charge in [0.15, 0.2) is 11.6 Å². The molecule has 0 radical (unpaired) electrons. The number of carbonyl (C=O) groups excluding carboxylic acids is 2. The number of nitrogens with one attached hydrogen (secondary N) is 4. The van der Waals surface area contributed by atoms with E-state index in [1.54, 1.807) is 24.3 Å². The van der Waals surface area contributed by atoms with Gasteiger partial charge in [-0.3, -0.25) is 9.59 Å². The van der Waals surface area contributed by atoms with Crippen molar-refractivity contribution >= 4 is 34.3 Å². The van der Waals surface area contributed by atoms with Crippen molar-refractivity contribution in [2.24, 2.45) is 22.9 Å². The number of hydrogen-bond acceptors (Lipinski definition) is 14. The Morgan fingerprint density at radius 2 is 0.675 bits per heavy atom. The zero-order valence-electron chi connectivity index (χ0n) is 22.2. The van der Waals surface area contributed by atoms with E-state index < -0.39 is 35.7 Å². The molecule has 0 amide bonds. The summed E-state index contributed by atoms with van der Waals surface area (Å²) < 4.78 is 0. The summed E-state index contributed by atoms with van der Waals surface area (Å²) in [4.78, 5) is 28.5. The Morgan fingerprint density at radius 1 is 0.475 bits per heavy atom. The highest BCUT2D eigenvalue weighted by atomic mass is 16.3. The smallest absolute Gasteiger partial charge is 0.198 e. The van der Waals surface area contributed by atoms with Gasteiger partial charge in [-0.2, -0.15) is 0 Å². The number of carbonyl (C=O) groups is 2. The van der Waals surface area contributed by atoms with E-state index in [0.717, 1.165) is 0 Å². The Labute approximate surface area is 232 Å². The van der Waals surface area contributed by atoms with Crippen LogP contribution in [0.4, 0.5) is 22.7 Å². The molecule has 1 aliphatic carbocycles. The standard InChI is InChI=1S/C26H40N8O6/c27-13(9-35)5-31-17-1-2-18(32-6-14(28)10-36)22-21(17)25(39)23-19(33-7-15(29)11-37)3-4-20(24(23)26(22)40)34-8-16(30)12-38/h1-4,13-16,31-38H,5-12,27-30H2. The zero-order valence-corrected chi connectivity index (χ0v) is 22.2. The molecule has 0 aromatic heterocycles. The molecule has 4 atom stereocenters. The van der Waals surface area contributed by atoms with Crippen LogP contribution in [-0.4, -0.2) is 109 Å². The summed E-state index contributed by atoms with van der Waals surface area (Å²) in [6.45, 7) is -0.594. The van der Waals surface area contributed by atoms with Crippen molar-refractivity contribution in [1.82, 2.24) is 0 Å². The molecule has 0 spiro atoms. The first-order chi connectivity index (χ1) is 19.2. The van der Waals surface area contributed by atoms with Gasteiger partial charge in [0.2, 0.25) is 0 Å². The van der Waals surface area contributed by atoms with Crippen molar-refractivity contribution in [3.05, 3.63) is 46.5 Å². The minimum atomic E-state index is -0.610. The van der Waals surface area contributed by atoms with Gasteiger partial charge in [0, 0.05) is 73.1 Å². The van der Waals surface area contributed by atoms with Gasteiger partial charge < -0.3 is 64.6 Å². The number of benzene rings is 2. The summed E-state index contributed by atoms with van der Waals surface area (Å²) in [5, 5.41) is 49.7. The van der Waals surface area contributed by atoms with Crippen molar-refractivity contribution in [2.45, 2.75) is 24.2 Å². The normalized spacial score (nSPS) is 15.5. The van der Waals surface area contributed by atoms with Gasteiger partial charge in [0.05, 0.1) is 48.7 Å². The lowest BCUT2D eigenvalue weighted by molar-refractivity contribution is 0.0981. The van der Waals surface area contributed by atoms with E-state index in [1.165, 1.54) is 0 Å². The molecule has 0 aliphatic heterocycles. The molecule has 0 heterocycles. The molecule has 2 aromatic carbocycles. The molecule has 14 nitrogen and oxygen atoms in total. The van der Waals surface area contributed by atoms with Crippen molar-refractivity contribution in [2.75, 3.05) is 73.9 Å². The fourth-order valence-corrected chi connectivity index (χ4v) is 4.21. The summed E-state index contributed by atoms with van der Waals surface area (Å²) in [6.07, 6.45) is 0. The topological polar surface area (TPSA) is 267 Å². The van der Waals surface area contributed by atoms with E-state index >= 15 is 0 Å². The average molecular weight is 561 g/mol. The third-order valence-corrected chi connectivity index (χ3v) is 6.48. The number of fused-ring (bicyclic) bond motifs is 2. The molecular weight excluding hydrogens is 520 g/mol. The van der Waals surface area contributed by atoms with Crippen LogP contribution in [-0.2, 0) is 0 Å². The first-order valence-electron chi connectivity index (χ1n) is 13.0. The van der Waals surface area contributed by atoms with Crippen LogP contribution in [0.3, 0.4) is 0 Å². The fourth-order valence-electron chi connectivity index (χ4n) is 4.21. The molecule has 2 aromatic rings. The lowest BCUT2D eigenvalue weighted by Crippen LogP contribution is -2.36. The quantitative estimate of drug-likeness (QED) is 0.0856. The molecule has 0 saturated heterocycles. The predicted octanol–water partition coefficient (Wildman–Crippen LogP) is -2.61. The maximum absolute atomic E-state index is 14.2. The van der Waals surface area contributed by atoms with Gasteiger partial charge in [-0.05, 0) is 24.3 Å². The van der Waals surface area contributed by atoms with Crippen LogP contribution in [0.1, 0.15) is 31.8 Å². The minimum absolute atomic E-state index is 0.101. The van der Waals surface area contributed by atoms with Crippen molar-refractivity contribution in [3.8, 4) is 0 Å². The summed E-state index contributed by atoms with van der Waals surface area (Å²) in [5.41, 5.74) is 25.2. The second-order valence-corrected chi connectivity index (χ2v) is 9.77. The van der Waals surface area contributed by atoms with Crippen LogP contribution >= 0.6 is 0 Å². The monoisotopic (exact) mass is 560 g/mol. The number of nitrogens with two attached hydrogens (primary N) is 4. The predicted molar refractivity (Wildman–Crippen MR) is 154 cm³/mol. The maximum Gasteiger partial charge on any atom is 0.198 e.